The molecule has 466 valence electrons. The third-order valence-corrected chi connectivity index (χ3v) is 19.0. The van der Waals surface area contributed by atoms with Crippen molar-refractivity contribution in [3.05, 3.63) is 89.0 Å². The van der Waals surface area contributed by atoms with Crippen molar-refractivity contribution in [2.75, 3.05) is 102 Å². The predicted octanol–water partition coefficient (Wildman–Crippen LogP) is 6.11. The predicted molar refractivity (Wildman–Crippen MR) is 334 cm³/mol. The minimum Gasteiger partial charge on any atom is -0.468 e. The van der Waals surface area contributed by atoms with Gasteiger partial charge in [0.15, 0.2) is 11.5 Å². The molecule has 0 spiro atoms. The third kappa shape index (κ3) is 14.4. The lowest BCUT2D eigenvalue weighted by atomic mass is 9.87. The van der Waals surface area contributed by atoms with Crippen LogP contribution in [0.15, 0.2) is 67.0 Å². The number of amides is 6. The lowest BCUT2D eigenvalue weighted by Crippen LogP contribution is -2.47. The second-order valence-corrected chi connectivity index (χ2v) is 24.7. The van der Waals surface area contributed by atoms with Crippen molar-refractivity contribution in [2.45, 2.75) is 102 Å². The fourth-order valence-electron chi connectivity index (χ4n) is 13.6. The second-order valence-electron chi connectivity index (χ2n) is 24.3. The summed E-state index contributed by atoms with van der Waals surface area (Å²) in [6.45, 7) is 7.54. The summed E-state index contributed by atoms with van der Waals surface area (Å²) in [4.78, 5) is 110. The zero-order chi connectivity index (χ0) is 61.4. The molecule has 3 aromatic carbocycles. The van der Waals surface area contributed by atoms with Crippen molar-refractivity contribution in [1.29, 1.82) is 0 Å². The molecule has 8 heterocycles. The number of halogens is 1. The number of likely N-dealkylation sites (tertiary alicyclic amines) is 4. The van der Waals surface area contributed by atoms with E-state index in [0.29, 0.717) is 67.2 Å². The summed E-state index contributed by atoms with van der Waals surface area (Å²) < 4.78 is 8.00. The van der Waals surface area contributed by atoms with Gasteiger partial charge in [-0.1, -0.05) is 35.9 Å². The number of fused-ring (bicyclic) bond motifs is 2. The fourth-order valence-corrected chi connectivity index (χ4v) is 13.8. The Morgan fingerprint density at radius 3 is 2.03 bits per heavy atom. The Kier molecular flexibility index (Phi) is 19.5. The van der Waals surface area contributed by atoms with E-state index in [-0.39, 0.29) is 67.7 Å². The van der Waals surface area contributed by atoms with Gasteiger partial charge in [0, 0.05) is 118 Å². The van der Waals surface area contributed by atoms with Crippen molar-refractivity contribution >= 4 is 92.1 Å². The van der Waals surface area contributed by atoms with Crippen molar-refractivity contribution in [1.82, 2.24) is 59.8 Å². The lowest BCUT2D eigenvalue weighted by Gasteiger charge is -2.39. The van der Waals surface area contributed by atoms with Gasteiger partial charge in [-0.2, -0.15) is 10.2 Å². The first kappa shape index (κ1) is 61.5. The highest BCUT2D eigenvalue weighted by molar-refractivity contribution is 6.34. The summed E-state index contributed by atoms with van der Waals surface area (Å²) in [5.74, 6) is -0.0952. The minimum atomic E-state index is -0.630. The third-order valence-electron chi connectivity index (χ3n) is 18.7. The van der Waals surface area contributed by atoms with Crippen LogP contribution in [0.4, 0.5) is 17.3 Å². The molecule has 0 unspecified atom stereocenters. The van der Waals surface area contributed by atoms with Crippen LogP contribution < -0.4 is 26.6 Å². The molecule has 0 aliphatic carbocycles. The Hall–Kier alpha value is -8.18. The number of anilines is 3. The Bertz CT molecular complexity index is 3530. The van der Waals surface area contributed by atoms with Crippen LogP contribution in [-0.2, 0) is 47.1 Å². The Balaban J connectivity index is 0.608. The maximum atomic E-state index is 13.8. The van der Waals surface area contributed by atoms with Crippen LogP contribution in [0.2, 0.25) is 5.02 Å². The monoisotopic (exact) mass is 1220 g/mol. The standard InChI is InChI=1S/C64H80ClN15O8/c1-74-52-34-49(50(65)33-46(52)35-70-74)48-7-6-8-51-59(48)60(73-80(51)40-55(82)67-37-54(81)68-38-58(85)88-2)44-21-29-78(30-22-44)57(84)14-13-56(83)77-27-15-41(16-28-77)39-75-25-17-45(18-26-75)64(87)79-31-19-43(20-32-79)42-9-11-47(12-10-42)71-63-61(62(66)86)69-36-53(72-63)76-23-4-3-5-24-76/h6-12,33-36,41,43-45H,3-5,13-32,37-40H2,1-2H3,(H2,66,86)(H,67,82)(H,68,81)(H,71,72). The number of aromatic nitrogens is 6. The van der Waals surface area contributed by atoms with Crippen molar-refractivity contribution < 1.29 is 38.3 Å². The molecule has 0 saturated carbocycles. The summed E-state index contributed by atoms with van der Waals surface area (Å²) in [5, 5.41) is 20.1. The Morgan fingerprint density at radius 1 is 0.693 bits per heavy atom. The van der Waals surface area contributed by atoms with Gasteiger partial charge >= 0.3 is 5.97 Å². The first-order valence-electron chi connectivity index (χ1n) is 31.2. The summed E-state index contributed by atoms with van der Waals surface area (Å²) in [6, 6.07) is 17.9. The number of benzene rings is 3. The van der Waals surface area contributed by atoms with Gasteiger partial charge in [0.1, 0.15) is 18.9 Å². The SMILES string of the molecule is COC(=O)CNC(=O)CNC(=O)Cn1nc(C2CCN(C(=O)CCC(=O)N3CCC(CN4CCC(C(=O)N5CCC(c6ccc(Nc7nc(N8CCCCC8)cnc7C(N)=O)cc6)CC5)CC4)CC3)CC2)c2c(-c3cc4c(cnn4C)cc3Cl)cccc21. The molecule has 0 bridgehead atoms. The van der Waals surface area contributed by atoms with E-state index in [1.807, 2.05) is 59.3 Å². The van der Waals surface area contributed by atoms with E-state index in [1.54, 1.807) is 21.8 Å². The van der Waals surface area contributed by atoms with Gasteiger partial charge in [0.05, 0.1) is 42.8 Å². The number of hydrogen-bond acceptors (Lipinski definition) is 15. The van der Waals surface area contributed by atoms with Crippen LogP contribution in [0, 0.1) is 11.8 Å². The molecule has 23 nitrogen and oxygen atoms in total. The van der Waals surface area contributed by atoms with Gasteiger partial charge in [-0.3, -0.25) is 42.9 Å². The Labute approximate surface area is 517 Å². The molecule has 11 rings (SSSR count). The van der Waals surface area contributed by atoms with Crippen molar-refractivity contribution in [3.8, 4) is 11.1 Å². The molecule has 0 radical (unpaired) electrons. The minimum absolute atomic E-state index is 0.0102. The molecule has 3 aromatic heterocycles. The number of piperidine rings is 5. The quantitative estimate of drug-likeness (QED) is 0.0666. The smallest absolute Gasteiger partial charge is 0.325 e. The van der Waals surface area contributed by atoms with Crippen LogP contribution in [-0.4, -0.2) is 183 Å². The van der Waals surface area contributed by atoms with Crippen LogP contribution in [0.25, 0.3) is 32.9 Å². The number of nitrogens with one attached hydrogen (secondary N) is 3. The molecule has 5 aliphatic heterocycles. The van der Waals surface area contributed by atoms with Gasteiger partial charge in [-0.05, 0) is 137 Å². The lowest BCUT2D eigenvalue weighted by molar-refractivity contribution is -0.141. The van der Waals surface area contributed by atoms with Crippen LogP contribution >= 0.6 is 11.6 Å². The van der Waals surface area contributed by atoms with Crippen LogP contribution in [0.5, 0.6) is 0 Å². The maximum Gasteiger partial charge on any atom is 0.325 e. The molecule has 5 N–H and O–H groups in total. The van der Waals surface area contributed by atoms with E-state index < -0.39 is 23.7 Å². The molecule has 6 aromatic rings. The van der Waals surface area contributed by atoms with Crippen LogP contribution in [0.3, 0.4) is 0 Å². The zero-order valence-corrected chi connectivity index (χ0v) is 51.1. The van der Waals surface area contributed by atoms with Gasteiger partial charge in [0.2, 0.25) is 29.5 Å². The molecule has 24 heteroatoms. The zero-order valence-electron chi connectivity index (χ0n) is 50.4. The molecule has 5 saturated heterocycles. The average Bonchev–Trinajstić information content (AvgIpc) is 1.75. The van der Waals surface area contributed by atoms with Crippen molar-refractivity contribution in [2.24, 2.45) is 24.6 Å². The van der Waals surface area contributed by atoms with E-state index in [2.05, 4.69) is 57.6 Å². The van der Waals surface area contributed by atoms with Gasteiger partial charge < -0.3 is 50.9 Å². The number of ether oxygens (including phenoxy) is 1. The maximum absolute atomic E-state index is 13.8. The molecular weight excluding hydrogens is 1140 g/mol. The number of carbonyl (C=O) groups is 7. The van der Waals surface area contributed by atoms with E-state index in [4.69, 9.17) is 27.4 Å². The number of carbonyl (C=O) groups excluding carboxylic acids is 7. The topological polar surface area (TPSA) is 268 Å². The normalized spacial score (nSPS) is 17.8. The van der Waals surface area contributed by atoms with E-state index >= 15 is 0 Å². The number of hydrogen-bond donors (Lipinski definition) is 4. The average molecular weight is 1220 g/mol. The summed E-state index contributed by atoms with van der Waals surface area (Å²) in [7, 11) is 3.09. The molecular formula is C64H80ClN15O8. The molecule has 88 heavy (non-hydrogen) atoms. The number of methoxy groups -OCH3 is 1. The number of nitrogens with two attached hydrogens (primary N) is 1. The number of primary amides is 1. The first-order chi connectivity index (χ1) is 42.7. The van der Waals surface area contributed by atoms with Gasteiger partial charge in [-0.25, -0.2) is 9.97 Å². The van der Waals surface area contributed by atoms with Crippen molar-refractivity contribution in [3.63, 3.8) is 0 Å². The Morgan fingerprint density at radius 2 is 1.35 bits per heavy atom. The number of rotatable bonds is 19. The van der Waals surface area contributed by atoms with Crippen LogP contribution in [0.1, 0.15) is 117 Å². The largest absolute Gasteiger partial charge is 0.468 e. The summed E-state index contributed by atoms with van der Waals surface area (Å²) in [6.07, 6.45) is 13.7. The molecule has 5 aliphatic rings. The number of nitrogens with zero attached hydrogens (tertiary/aromatic N) is 11. The van der Waals surface area contributed by atoms with E-state index in [0.717, 1.165) is 142 Å². The van der Waals surface area contributed by atoms with Gasteiger partial charge in [0.25, 0.3) is 5.91 Å². The summed E-state index contributed by atoms with van der Waals surface area (Å²) in [5.41, 5.74) is 11.8. The van der Waals surface area contributed by atoms with E-state index in [1.165, 1.54) is 19.1 Å². The first-order valence-corrected chi connectivity index (χ1v) is 31.6. The highest BCUT2D eigenvalue weighted by Gasteiger charge is 2.34. The fraction of sp³-hybridized carbons (Fsp3) is 0.516. The molecule has 0 atom stereocenters. The highest BCUT2D eigenvalue weighted by atomic mass is 35.5. The van der Waals surface area contributed by atoms with E-state index in [9.17, 15) is 33.6 Å². The highest BCUT2D eigenvalue weighted by Crippen LogP contribution is 2.42. The van der Waals surface area contributed by atoms with Gasteiger partial charge in [-0.15, -0.1) is 0 Å². The molecule has 6 amide bonds. The number of aryl methyl sites for hydroxylation is 1. The number of esters is 1. The molecule has 5 fully saturated rings. The summed E-state index contributed by atoms with van der Waals surface area (Å²) >= 11 is 6.99. The second kappa shape index (κ2) is 27.9.